The summed E-state index contributed by atoms with van der Waals surface area (Å²) in [6.07, 6.45) is 4.84. The standard InChI is InChI=1S/C58H50BN5/c1-57(2,3)43-33-54-60(37-43)59-56-52(63(54)45-29-25-41(26-30-45)39-17-9-7-10-18-39)35-47(62-50-23-15-13-21-48(50)49-22-14-16-24-51(49)62)36-53(56)64(55-34-44(38-61(55)59)58(4,5)6)46-31-27-42(28-32-46)40-19-11-8-12-20-40/h7-38H,1-6H3. The van der Waals surface area contributed by atoms with Gasteiger partial charge in [0.15, 0.2) is 0 Å². The summed E-state index contributed by atoms with van der Waals surface area (Å²) < 4.78 is 7.57. The first-order valence-electron chi connectivity index (χ1n) is 22.5. The van der Waals surface area contributed by atoms with Crippen LogP contribution >= 0.6 is 0 Å². The van der Waals surface area contributed by atoms with E-state index in [-0.39, 0.29) is 17.8 Å². The Kier molecular flexibility index (Phi) is 8.39. The third-order valence-electron chi connectivity index (χ3n) is 13.5. The zero-order valence-electron chi connectivity index (χ0n) is 37.3. The van der Waals surface area contributed by atoms with Crippen molar-refractivity contribution in [1.82, 2.24) is 13.5 Å². The molecule has 0 N–H and O–H groups in total. The highest BCUT2D eigenvalue weighted by atomic mass is 15.3. The number of para-hydroxylation sites is 2. The fourth-order valence-electron chi connectivity index (χ4n) is 10.1. The fraction of sp³-hybridized carbons (Fsp3) is 0.138. The van der Waals surface area contributed by atoms with Gasteiger partial charge in [-0.05, 0) is 117 Å². The lowest BCUT2D eigenvalue weighted by Crippen LogP contribution is -2.55. The van der Waals surface area contributed by atoms with Crippen molar-refractivity contribution in [3.63, 3.8) is 0 Å². The van der Waals surface area contributed by atoms with Gasteiger partial charge in [0, 0.05) is 27.6 Å². The Balaban J connectivity index is 1.18. The maximum atomic E-state index is 2.55. The second kappa shape index (κ2) is 14.0. The number of hydrogen-bond donors (Lipinski definition) is 0. The molecule has 6 heteroatoms. The SMILES string of the molecule is CC(C)(C)c1cc2n(c1)B1c3c(cc(-n4c5ccccc5c5ccccc54)cc3N(c3ccc(-c4ccccc4)cc3)c3cc(C(C)(C)C)cn31)N2c1ccc(-c2ccccc2)cc1. The van der Waals surface area contributed by atoms with Crippen molar-refractivity contribution in [2.45, 2.75) is 52.4 Å². The number of nitrogens with zero attached hydrogens (tertiary/aromatic N) is 5. The Bertz CT molecular complexity index is 3170. The molecule has 0 radical (unpaired) electrons. The average Bonchev–Trinajstić information content (AvgIpc) is 4.05. The van der Waals surface area contributed by atoms with E-state index in [9.17, 15) is 0 Å². The molecule has 5 heterocycles. The number of rotatable bonds is 5. The molecule has 0 saturated heterocycles. The lowest BCUT2D eigenvalue weighted by molar-refractivity contribution is 0.590. The van der Waals surface area contributed by atoms with Gasteiger partial charge in [-0.25, -0.2) is 0 Å². The topological polar surface area (TPSA) is 21.3 Å². The van der Waals surface area contributed by atoms with Crippen molar-refractivity contribution in [2.24, 2.45) is 0 Å². The van der Waals surface area contributed by atoms with E-state index in [1.807, 2.05) is 0 Å². The molecule has 5 nitrogen and oxygen atoms in total. The predicted molar refractivity (Wildman–Crippen MR) is 271 cm³/mol. The summed E-state index contributed by atoms with van der Waals surface area (Å²) >= 11 is 0. The van der Waals surface area contributed by atoms with Crippen LogP contribution in [-0.4, -0.2) is 20.5 Å². The summed E-state index contributed by atoms with van der Waals surface area (Å²) in [5.41, 5.74) is 16.6. The Hall–Kier alpha value is -7.44. The maximum absolute atomic E-state index is 2.55. The van der Waals surface area contributed by atoms with Crippen molar-refractivity contribution >= 4 is 68.6 Å². The molecule has 3 aromatic heterocycles. The van der Waals surface area contributed by atoms with Crippen molar-refractivity contribution in [1.29, 1.82) is 0 Å². The number of benzene rings is 7. The minimum absolute atomic E-state index is 0.0758. The molecule has 0 bridgehead atoms. The highest BCUT2D eigenvalue weighted by molar-refractivity contribution is 6.76. The van der Waals surface area contributed by atoms with Crippen molar-refractivity contribution in [3.05, 3.63) is 206 Å². The monoisotopic (exact) mass is 827 g/mol. The molecule has 64 heavy (non-hydrogen) atoms. The van der Waals surface area contributed by atoms with Crippen LogP contribution in [0.25, 0.3) is 49.7 Å². The maximum Gasteiger partial charge on any atom is 0.426 e. The summed E-state index contributed by atoms with van der Waals surface area (Å²) in [6, 6.07) is 67.2. The molecule has 10 aromatic rings. The molecule has 2 aliphatic rings. The zero-order chi connectivity index (χ0) is 43.5. The first kappa shape index (κ1) is 38.3. The number of hydrogen-bond acceptors (Lipinski definition) is 2. The van der Waals surface area contributed by atoms with Crippen molar-refractivity contribution in [3.8, 4) is 27.9 Å². The van der Waals surface area contributed by atoms with E-state index in [1.54, 1.807) is 0 Å². The Morgan fingerprint density at radius 2 is 0.750 bits per heavy atom. The van der Waals surface area contributed by atoms with Gasteiger partial charge in [0.05, 0.1) is 28.1 Å². The Morgan fingerprint density at radius 1 is 0.375 bits per heavy atom. The highest BCUT2D eigenvalue weighted by Crippen LogP contribution is 2.50. The molecule has 7 aromatic carbocycles. The average molecular weight is 828 g/mol. The summed E-state index contributed by atoms with van der Waals surface area (Å²) in [5.74, 6) is 2.30. The third kappa shape index (κ3) is 5.92. The molecule has 0 aliphatic carbocycles. The summed E-state index contributed by atoms with van der Waals surface area (Å²) in [6.45, 7) is 13.8. The van der Waals surface area contributed by atoms with Crippen LogP contribution in [-0.2, 0) is 10.8 Å². The molecule has 0 saturated carbocycles. The van der Waals surface area contributed by atoms with Gasteiger partial charge in [-0.3, -0.25) is 9.80 Å². The summed E-state index contributed by atoms with van der Waals surface area (Å²) in [7, 11) is 0. The quantitative estimate of drug-likeness (QED) is 0.161. The third-order valence-corrected chi connectivity index (χ3v) is 13.5. The first-order chi connectivity index (χ1) is 31.0. The van der Waals surface area contributed by atoms with Crippen molar-refractivity contribution < 1.29 is 0 Å². The van der Waals surface area contributed by atoms with E-state index in [2.05, 4.69) is 259 Å². The van der Waals surface area contributed by atoms with E-state index >= 15 is 0 Å². The van der Waals surface area contributed by atoms with Crippen LogP contribution in [0.4, 0.5) is 34.4 Å². The molecule has 0 atom stereocenters. The number of aromatic nitrogens is 3. The minimum atomic E-state index is -0.130. The molecular formula is C58H50BN5. The summed E-state index contributed by atoms with van der Waals surface area (Å²) in [4.78, 5) is 5.04. The van der Waals surface area contributed by atoms with Gasteiger partial charge in [0.1, 0.15) is 11.6 Å². The lowest BCUT2D eigenvalue weighted by atomic mass is 9.62. The second-order valence-corrected chi connectivity index (χ2v) is 19.6. The van der Waals surface area contributed by atoms with Crippen LogP contribution in [0.15, 0.2) is 194 Å². The van der Waals surface area contributed by atoms with Crippen LogP contribution in [0.2, 0.25) is 0 Å². The minimum Gasteiger partial charge on any atom is -0.353 e. The number of anilines is 6. The lowest BCUT2D eigenvalue weighted by Gasteiger charge is -2.43. The smallest absolute Gasteiger partial charge is 0.353 e. The van der Waals surface area contributed by atoms with E-state index in [0.717, 1.165) is 28.7 Å². The van der Waals surface area contributed by atoms with Gasteiger partial charge >= 0.3 is 6.98 Å². The fourth-order valence-corrected chi connectivity index (χ4v) is 10.1. The van der Waals surface area contributed by atoms with Crippen LogP contribution < -0.4 is 15.3 Å². The molecule has 12 rings (SSSR count). The molecule has 2 aliphatic heterocycles. The van der Waals surface area contributed by atoms with Crippen LogP contribution in [0.3, 0.4) is 0 Å². The Morgan fingerprint density at radius 3 is 1.16 bits per heavy atom. The van der Waals surface area contributed by atoms with Gasteiger partial charge in [-0.2, -0.15) is 0 Å². The first-order valence-corrected chi connectivity index (χ1v) is 22.5. The predicted octanol–water partition coefficient (Wildman–Crippen LogP) is 14.7. The second-order valence-electron chi connectivity index (χ2n) is 19.6. The Labute approximate surface area is 376 Å². The molecule has 310 valence electrons. The molecule has 0 unspecified atom stereocenters. The number of fused-ring (bicyclic) bond motifs is 7. The van der Waals surface area contributed by atoms with Gasteiger partial charge in [-0.1, -0.05) is 163 Å². The van der Waals surface area contributed by atoms with Gasteiger partial charge in [0.2, 0.25) is 0 Å². The van der Waals surface area contributed by atoms with E-state index < -0.39 is 0 Å². The van der Waals surface area contributed by atoms with Crippen molar-refractivity contribution in [2.75, 3.05) is 9.80 Å². The normalized spacial score (nSPS) is 13.4. The van der Waals surface area contributed by atoms with Crippen LogP contribution in [0.1, 0.15) is 52.7 Å². The van der Waals surface area contributed by atoms with E-state index in [0.29, 0.717) is 0 Å². The summed E-state index contributed by atoms with van der Waals surface area (Å²) in [5, 5.41) is 2.49. The molecule has 0 fully saturated rings. The molecule has 0 spiro atoms. The van der Waals surface area contributed by atoms with Gasteiger partial charge in [-0.15, -0.1) is 0 Å². The highest BCUT2D eigenvalue weighted by Gasteiger charge is 2.46. The van der Waals surface area contributed by atoms with Gasteiger partial charge in [0.25, 0.3) is 0 Å². The van der Waals surface area contributed by atoms with E-state index in [1.165, 1.54) is 72.0 Å². The zero-order valence-corrected chi connectivity index (χ0v) is 37.3. The van der Waals surface area contributed by atoms with Crippen LogP contribution in [0, 0.1) is 0 Å². The van der Waals surface area contributed by atoms with E-state index in [4.69, 9.17) is 0 Å². The molecule has 0 amide bonds. The van der Waals surface area contributed by atoms with Gasteiger partial charge < -0.3 is 13.5 Å². The van der Waals surface area contributed by atoms with Crippen LogP contribution in [0.5, 0.6) is 0 Å². The largest absolute Gasteiger partial charge is 0.426 e. The molecular weight excluding hydrogens is 777 g/mol.